The van der Waals surface area contributed by atoms with Gasteiger partial charge >= 0.3 is 17.5 Å². The minimum absolute atomic E-state index is 0.0150. The van der Waals surface area contributed by atoms with E-state index >= 15 is 26.3 Å². The van der Waals surface area contributed by atoms with Crippen molar-refractivity contribution in [2.75, 3.05) is 0 Å². The number of hydrogen-bond donors (Lipinski definition) is 0. The van der Waals surface area contributed by atoms with Gasteiger partial charge in [0.25, 0.3) is 0 Å². The van der Waals surface area contributed by atoms with Crippen molar-refractivity contribution in [3.63, 3.8) is 0 Å². The first-order chi connectivity index (χ1) is 54.2. The van der Waals surface area contributed by atoms with Gasteiger partial charge in [0.05, 0.1) is 16.7 Å². The van der Waals surface area contributed by atoms with Gasteiger partial charge in [-0.1, -0.05) is 0 Å². The summed E-state index contributed by atoms with van der Waals surface area (Å²) in [5, 5.41) is 57.0. The van der Waals surface area contributed by atoms with E-state index in [9.17, 15) is 31.6 Å². The maximum absolute atomic E-state index is 16.4. The molecule has 6 aliphatic carbocycles. The zero-order chi connectivity index (χ0) is 79.7. The standard InChI is InChI=1S/C28H16F2N10.2C26H10F2N8/c1-11-35-12(2)38-27(37-11)22-17-7-16(15(9-31)10-32)24(29)20(17)23(28-39-13(3)36-14(4)40-28)18-8-19(25(30)21(18)22)26(33-5)34-6;1-31-26(32-2)19-4-18-21(15-9-35-12-36-10-15)22-17(3-16(24(22)27)13(5-29)6-30)20(23(18)25(19)28)14-7-33-11-34-8-14;1-31-24(32-2)17-10-16-19(23(17)28)20(25-33-5-3-6-34-25)15-9-14(13(11-29)12-30)22(27)18(15)21(16)26-35-7-4-8-36-26/h7-8H2,1-4H3;7-12H,3-4H2;3-8H,9-10H2. The summed E-state index contributed by atoms with van der Waals surface area (Å²) in [6.07, 6.45) is 13.0. The summed E-state index contributed by atoms with van der Waals surface area (Å²) >= 11 is 0. The van der Waals surface area contributed by atoms with Gasteiger partial charge < -0.3 is 0 Å². The Morgan fingerprint density at radius 2 is 0.527 bits per heavy atom. The molecular formula is C80H36F6N26. The Bertz CT molecular complexity index is 6230. The number of aromatic nitrogens is 14. The molecule has 26 nitrogen and oxygen atoms in total. The van der Waals surface area contributed by atoms with E-state index in [4.69, 9.17) is 39.4 Å². The molecule has 0 atom stereocenters. The lowest BCUT2D eigenvalue weighted by molar-refractivity contribution is 0.750. The van der Waals surface area contributed by atoms with E-state index < -0.39 is 63.6 Å². The molecule has 0 bridgehead atoms. The van der Waals surface area contributed by atoms with Gasteiger partial charge in [-0.3, -0.25) is 0 Å². The third kappa shape index (κ3) is 12.1. The number of nitrogens with zero attached hydrogens (tertiary/aromatic N) is 26. The Morgan fingerprint density at radius 1 is 0.312 bits per heavy atom. The van der Waals surface area contributed by atoms with Gasteiger partial charge in [-0.25, -0.2) is 96.1 Å². The first-order valence-corrected chi connectivity index (χ1v) is 32.6. The number of benzene rings is 3. The molecular weight excluding hydrogens is 1440 g/mol. The minimum Gasteiger partial charge on any atom is -0.244 e. The van der Waals surface area contributed by atoms with Crippen LogP contribution in [0.15, 0.2) is 142 Å². The fourth-order valence-corrected chi connectivity index (χ4v) is 14.4. The summed E-state index contributed by atoms with van der Waals surface area (Å²) in [5.74, 6) is -4.55. The van der Waals surface area contributed by atoms with Crippen molar-refractivity contribution >= 4 is 35.0 Å². The second-order valence-electron chi connectivity index (χ2n) is 24.5. The molecule has 0 N–H and O–H groups in total. The van der Waals surface area contributed by atoms with Crippen molar-refractivity contribution in [3.05, 3.63) is 298 Å². The summed E-state index contributed by atoms with van der Waals surface area (Å²) in [5.41, 5.74) is 1.62. The molecule has 0 saturated carbocycles. The molecule has 528 valence electrons. The molecule has 112 heavy (non-hydrogen) atoms. The van der Waals surface area contributed by atoms with E-state index in [2.05, 4.69) is 98.8 Å². The summed E-state index contributed by atoms with van der Waals surface area (Å²) in [4.78, 5) is 78.2. The summed E-state index contributed by atoms with van der Waals surface area (Å²) in [6, 6.07) is 13.5. The van der Waals surface area contributed by atoms with E-state index in [1.54, 1.807) is 76.2 Å². The molecule has 32 heteroatoms. The number of hydrogen-bond acceptors (Lipinski definition) is 20. The van der Waals surface area contributed by atoms with E-state index in [1.165, 1.54) is 62.2 Å². The topological polar surface area (TPSA) is 349 Å². The van der Waals surface area contributed by atoms with Crippen LogP contribution < -0.4 is 31.3 Å². The Labute approximate surface area is 628 Å². The van der Waals surface area contributed by atoms with Crippen LogP contribution >= 0.6 is 0 Å². The minimum atomic E-state index is -0.848. The van der Waals surface area contributed by atoms with Crippen LogP contribution in [-0.4, -0.2) is 69.8 Å². The van der Waals surface area contributed by atoms with Crippen molar-refractivity contribution in [2.24, 2.45) is 0 Å². The van der Waals surface area contributed by atoms with Crippen LogP contribution in [0.5, 0.6) is 0 Å². The zero-order valence-electron chi connectivity index (χ0n) is 58.1. The Kier molecular flexibility index (Phi) is 19.6. The molecule has 0 radical (unpaired) electrons. The molecule has 0 fully saturated rings. The van der Waals surface area contributed by atoms with Crippen LogP contribution in [0.25, 0.3) is 132 Å². The quantitative estimate of drug-likeness (QED) is 0.0848. The van der Waals surface area contributed by atoms with Crippen molar-refractivity contribution < 1.29 is 26.3 Å². The molecule has 0 unspecified atom stereocenters. The van der Waals surface area contributed by atoms with Crippen LogP contribution in [0.3, 0.4) is 0 Å². The number of allylic oxidation sites excluding steroid dienone is 9. The van der Waals surface area contributed by atoms with Crippen LogP contribution in [0.2, 0.25) is 0 Å². The monoisotopic (exact) mass is 1470 g/mol. The Balaban J connectivity index is 0.000000147. The molecule has 9 aromatic rings. The highest BCUT2D eigenvalue weighted by atomic mass is 19.1. The number of rotatable bonds is 6. The summed E-state index contributed by atoms with van der Waals surface area (Å²) in [7, 11) is 0. The van der Waals surface area contributed by atoms with Gasteiger partial charge in [-0.2, -0.15) is 60.6 Å². The summed E-state index contributed by atoms with van der Waals surface area (Å²) < 4.78 is 97.0. The molecule has 0 spiro atoms. The van der Waals surface area contributed by atoms with Crippen molar-refractivity contribution in [3.8, 4) is 104 Å². The molecule has 15 rings (SSSR count). The predicted molar refractivity (Wildman–Crippen MR) is 383 cm³/mol. The highest BCUT2D eigenvalue weighted by molar-refractivity contribution is 5.92. The van der Waals surface area contributed by atoms with Crippen LogP contribution in [0.1, 0.15) is 56.7 Å². The highest BCUT2D eigenvalue weighted by Gasteiger charge is 2.42. The smallest absolute Gasteiger partial charge is 0.244 e. The number of nitriles is 6. The van der Waals surface area contributed by atoms with Crippen LogP contribution in [0.4, 0.5) is 26.3 Å². The molecule has 0 aliphatic heterocycles. The first-order valence-electron chi connectivity index (χ1n) is 32.6. The van der Waals surface area contributed by atoms with Gasteiger partial charge in [-0.05, 0) is 84.3 Å². The maximum atomic E-state index is 16.4. The van der Waals surface area contributed by atoms with Crippen molar-refractivity contribution in [2.45, 2.75) is 66.2 Å². The van der Waals surface area contributed by atoms with Gasteiger partial charge in [0.2, 0.25) is 0 Å². The van der Waals surface area contributed by atoms with Gasteiger partial charge in [0.1, 0.15) is 163 Å². The average molecular weight is 1480 g/mol. The molecule has 6 heterocycles. The van der Waals surface area contributed by atoms with Crippen LogP contribution in [-0.2, 0) is 38.5 Å². The molecule has 0 saturated heterocycles. The van der Waals surface area contributed by atoms with E-state index in [0.717, 1.165) is 0 Å². The maximum Gasteiger partial charge on any atom is 0.525 e. The van der Waals surface area contributed by atoms with E-state index in [-0.39, 0.29) is 188 Å². The van der Waals surface area contributed by atoms with E-state index in [0.29, 0.717) is 45.6 Å². The predicted octanol–water partition coefficient (Wildman–Crippen LogP) is 9.81. The molecule has 6 aliphatic rings. The SMILES string of the molecule is [C-]#[N+]C([N+]#[C-])=C1Cc2c(-c3cncnc3)c3c(c(-c4cncnc4)c2=C1F)CC(=C(C#N)C#N)C=3F.[C-]#[N+]C([N+]#[C-])=C1Cc2c(-c3nc(C)nc(C)n3)c3c(c(-c4nc(C)nc(C)n4)c2=C1F)CC(=C(C#N)C#N)C=3F.[C-]#[N+]C([N+]#[C-])=C1Cc2c(-c3ncccn3)c3c(c(-c4ncccn4)c2=C1F)CC(=C(C#N)C#N)C=3F. The number of fused-ring (bicyclic) bond motifs is 6. The number of halogens is 6. The molecule has 3 aromatic carbocycles. The lowest BCUT2D eigenvalue weighted by Crippen LogP contribution is -2.26. The second-order valence-corrected chi connectivity index (χ2v) is 24.5. The summed E-state index contributed by atoms with van der Waals surface area (Å²) in [6.45, 7) is 50.7. The molecule has 0 amide bonds. The molecule has 6 aromatic heterocycles. The number of aryl methyl sites for hydroxylation is 4. The Hall–Kier alpha value is -16.9. The van der Waals surface area contributed by atoms with Crippen LogP contribution in [0, 0.1) is 135 Å². The van der Waals surface area contributed by atoms with Gasteiger partial charge in [0.15, 0.2) is 23.3 Å². The van der Waals surface area contributed by atoms with Crippen molar-refractivity contribution in [1.29, 1.82) is 31.6 Å². The fraction of sp³-hybridized carbons (Fsp3) is 0.125. The first kappa shape index (κ1) is 73.4. The van der Waals surface area contributed by atoms with Gasteiger partial charge in [0, 0.05) is 170 Å². The fourth-order valence-electron chi connectivity index (χ4n) is 14.4. The normalized spacial score (nSPS) is 13.3. The lowest BCUT2D eigenvalue weighted by Gasteiger charge is -2.14. The average Bonchev–Trinajstić information content (AvgIpc) is 1.28. The largest absolute Gasteiger partial charge is 0.525 e. The highest BCUT2D eigenvalue weighted by Crippen LogP contribution is 2.44. The van der Waals surface area contributed by atoms with Gasteiger partial charge in [-0.15, -0.1) is 0 Å². The second kappa shape index (κ2) is 29.9. The Morgan fingerprint density at radius 3 is 0.768 bits per heavy atom. The zero-order valence-corrected chi connectivity index (χ0v) is 58.1. The van der Waals surface area contributed by atoms with Crippen molar-refractivity contribution in [1.82, 2.24) is 69.8 Å². The third-order valence-corrected chi connectivity index (χ3v) is 18.6. The van der Waals surface area contributed by atoms with E-state index in [1.807, 2.05) is 0 Å². The third-order valence-electron chi connectivity index (χ3n) is 18.6. The lowest BCUT2D eigenvalue weighted by atomic mass is 9.88.